The number of fused-ring (bicyclic) bond motifs is 1. The summed E-state index contributed by atoms with van der Waals surface area (Å²) < 4.78 is 6.69. The van der Waals surface area contributed by atoms with Gasteiger partial charge in [0.15, 0.2) is 0 Å². The zero-order valence-corrected chi connectivity index (χ0v) is 19.9. The number of aromatic nitrogens is 2. The molecule has 170 valence electrons. The van der Waals surface area contributed by atoms with Gasteiger partial charge < -0.3 is 14.5 Å². The Bertz CT molecular complexity index is 1310. The first-order valence-corrected chi connectivity index (χ1v) is 12.6. The minimum Gasteiger partial charge on any atom is -0.497 e. The smallest absolute Gasteiger partial charge is 0.263 e. The van der Waals surface area contributed by atoms with E-state index in [4.69, 9.17) is 4.74 Å². The molecule has 3 aromatic heterocycles. The minimum absolute atomic E-state index is 0.00400. The number of carbonyl (C=O) groups is 1. The Kier molecular flexibility index (Phi) is 6.15. The van der Waals surface area contributed by atoms with E-state index in [9.17, 15) is 9.59 Å². The van der Waals surface area contributed by atoms with Gasteiger partial charge in [0.1, 0.15) is 17.1 Å². The van der Waals surface area contributed by atoms with Crippen molar-refractivity contribution < 1.29 is 9.53 Å². The van der Waals surface area contributed by atoms with Gasteiger partial charge in [-0.2, -0.15) is 0 Å². The third-order valence-electron chi connectivity index (χ3n) is 5.94. The summed E-state index contributed by atoms with van der Waals surface area (Å²) in [7, 11) is 1.66. The van der Waals surface area contributed by atoms with Crippen LogP contribution in [0.2, 0.25) is 0 Å². The number of methoxy groups -OCH3 is 1. The number of ether oxygens (including phenoxy) is 1. The van der Waals surface area contributed by atoms with E-state index in [2.05, 4.69) is 9.88 Å². The monoisotopic (exact) mass is 480 g/mol. The highest BCUT2D eigenvalue weighted by Crippen LogP contribution is 2.33. The van der Waals surface area contributed by atoms with Crippen molar-refractivity contribution in [2.45, 2.75) is 13.0 Å². The summed E-state index contributed by atoms with van der Waals surface area (Å²) in [5.74, 6) is 0.775. The number of rotatable bonds is 5. The van der Waals surface area contributed by atoms with Crippen molar-refractivity contribution in [1.82, 2.24) is 14.5 Å². The molecular formula is C24H24N4O3S2. The highest BCUT2D eigenvalue weighted by atomic mass is 32.1. The lowest BCUT2D eigenvalue weighted by molar-refractivity contribution is -0.131. The molecule has 1 aliphatic rings. The van der Waals surface area contributed by atoms with Crippen LogP contribution in [0.15, 0.2) is 58.3 Å². The van der Waals surface area contributed by atoms with Gasteiger partial charge in [-0.05, 0) is 42.1 Å². The van der Waals surface area contributed by atoms with Crippen LogP contribution in [0, 0.1) is 0 Å². The van der Waals surface area contributed by atoms with Crippen molar-refractivity contribution in [3.05, 3.63) is 63.8 Å². The first kappa shape index (κ1) is 21.7. The summed E-state index contributed by atoms with van der Waals surface area (Å²) in [5, 5.41) is 4.56. The molecule has 0 bridgehead atoms. The Morgan fingerprint density at radius 1 is 1.09 bits per heavy atom. The molecule has 0 spiro atoms. The fraction of sp³-hybridized carbons (Fsp3) is 0.292. The zero-order valence-electron chi connectivity index (χ0n) is 18.3. The normalized spacial score (nSPS) is 14.5. The Morgan fingerprint density at radius 3 is 2.70 bits per heavy atom. The Morgan fingerprint density at radius 2 is 1.94 bits per heavy atom. The fourth-order valence-electron chi connectivity index (χ4n) is 4.16. The van der Waals surface area contributed by atoms with Gasteiger partial charge in [0, 0.05) is 47.7 Å². The molecule has 4 heterocycles. The van der Waals surface area contributed by atoms with Crippen LogP contribution in [-0.2, 0) is 11.3 Å². The van der Waals surface area contributed by atoms with Crippen LogP contribution in [0.4, 0.5) is 5.69 Å². The summed E-state index contributed by atoms with van der Waals surface area (Å²) in [6.45, 7) is 2.92. The number of hydrogen-bond donors (Lipinski definition) is 0. The van der Waals surface area contributed by atoms with Crippen LogP contribution < -0.4 is 15.2 Å². The Balaban J connectivity index is 1.31. The molecule has 1 amide bonds. The first-order valence-electron chi connectivity index (χ1n) is 10.8. The van der Waals surface area contributed by atoms with Gasteiger partial charge in [-0.3, -0.25) is 14.2 Å². The number of anilines is 1. The molecule has 0 aliphatic carbocycles. The lowest BCUT2D eigenvalue weighted by Crippen LogP contribution is -2.39. The van der Waals surface area contributed by atoms with Crippen LogP contribution in [0.1, 0.15) is 6.42 Å². The lowest BCUT2D eigenvalue weighted by atomic mass is 10.2. The van der Waals surface area contributed by atoms with Crippen LogP contribution in [-0.4, -0.2) is 53.6 Å². The van der Waals surface area contributed by atoms with Gasteiger partial charge >= 0.3 is 0 Å². The molecule has 1 aliphatic heterocycles. The lowest BCUT2D eigenvalue weighted by Gasteiger charge is -2.24. The standard InChI is InChI=1S/C24H24N4O3S2/c1-31-18-7-5-17(6-8-18)26-9-3-10-27(12-11-26)21(29)14-28-16-25-23-22(24(28)30)19(15-33-23)20-4-2-13-32-20/h2,4-8,13,15-16H,3,9-12,14H2,1H3. The quantitative estimate of drug-likeness (QED) is 0.433. The second kappa shape index (κ2) is 9.36. The summed E-state index contributed by atoms with van der Waals surface area (Å²) in [6, 6.07) is 12.0. The molecule has 9 heteroatoms. The van der Waals surface area contributed by atoms with E-state index in [-0.39, 0.29) is 18.0 Å². The molecule has 7 nitrogen and oxygen atoms in total. The molecule has 4 aromatic rings. The number of amides is 1. The number of hydrogen-bond acceptors (Lipinski definition) is 7. The van der Waals surface area contributed by atoms with Gasteiger partial charge in [0.2, 0.25) is 5.91 Å². The van der Waals surface area contributed by atoms with E-state index in [0.717, 1.165) is 41.4 Å². The van der Waals surface area contributed by atoms with Gasteiger partial charge in [-0.1, -0.05) is 6.07 Å². The SMILES string of the molecule is COc1ccc(N2CCCN(C(=O)Cn3cnc4scc(-c5cccs5)c4c3=O)CC2)cc1. The van der Waals surface area contributed by atoms with Gasteiger partial charge in [0.25, 0.3) is 5.56 Å². The highest BCUT2D eigenvalue weighted by molar-refractivity contribution is 7.18. The van der Waals surface area contributed by atoms with Crippen molar-refractivity contribution >= 4 is 44.5 Å². The molecule has 0 saturated carbocycles. The number of carbonyl (C=O) groups excluding carboxylic acids is 1. The number of thiophene rings is 2. The predicted molar refractivity (Wildman–Crippen MR) is 134 cm³/mol. The van der Waals surface area contributed by atoms with Crippen LogP contribution in [0.5, 0.6) is 5.75 Å². The second-order valence-corrected chi connectivity index (χ2v) is 9.71. The number of benzene rings is 1. The van der Waals surface area contributed by atoms with Crippen LogP contribution in [0.3, 0.4) is 0 Å². The van der Waals surface area contributed by atoms with E-state index < -0.39 is 0 Å². The van der Waals surface area contributed by atoms with Crippen molar-refractivity contribution in [3.63, 3.8) is 0 Å². The molecule has 0 N–H and O–H groups in total. The van der Waals surface area contributed by atoms with Crippen molar-refractivity contribution in [3.8, 4) is 16.2 Å². The average Bonchev–Trinajstić information content (AvgIpc) is 3.45. The predicted octanol–water partition coefficient (Wildman–Crippen LogP) is 3.93. The van der Waals surface area contributed by atoms with E-state index in [1.54, 1.807) is 18.4 Å². The van der Waals surface area contributed by atoms with E-state index in [0.29, 0.717) is 23.3 Å². The molecular weight excluding hydrogens is 456 g/mol. The first-order chi connectivity index (χ1) is 16.1. The maximum absolute atomic E-state index is 13.2. The second-order valence-electron chi connectivity index (χ2n) is 7.90. The summed E-state index contributed by atoms with van der Waals surface area (Å²) in [6.07, 6.45) is 2.37. The number of nitrogens with zero attached hydrogens (tertiary/aromatic N) is 4. The van der Waals surface area contributed by atoms with Crippen LogP contribution >= 0.6 is 22.7 Å². The Hall–Kier alpha value is -3.17. The Labute approximate surface area is 199 Å². The molecule has 0 atom stereocenters. The molecule has 0 unspecified atom stereocenters. The fourth-order valence-corrected chi connectivity index (χ4v) is 5.88. The summed E-state index contributed by atoms with van der Waals surface area (Å²) in [4.78, 5) is 36.7. The van der Waals surface area contributed by atoms with E-state index >= 15 is 0 Å². The maximum atomic E-state index is 13.2. The zero-order chi connectivity index (χ0) is 22.8. The van der Waals surface area contributed by atoms with Gasteiger partial charge in [-0.25, -0.2) is 4.98 Å². The van der Waals surface area contributed by atoms with Gasteiger partial charge in [-0.15, -0.1) is 22.7 Å². The van der Waals surface area contributed by atoms with Crippen molar-refractivity contribution in [2.75, 3.05) is 38.2 Å². The largest absolute Gasteiger partial charge is 0.497 e. The molecule has 33 heavy (non-hydrogen) atoms. The molecule has 0 radical (unpaired) electrons. The van der Waals surface area contributed by atoms with Crippen molar-refractivity contribution in [1.29, 1.82) is 0 Å². The molecule has 5 rings (SSSR count). The third kappa shape index (κ3) is 4.38. The highest BCUT2D eigenvalue weighted by Gasteiger charge is 2.21. The third-order valence-corrected chi connectivity index (χ3v) is 7.73. The maximum Gasteiger partial charge on any atom is 0.263 e. The van der Waals surface area contributed by atoms with E-state index in [1.165, 1.54) is 22.2 Å². The molecule has 1 fully saturated rings. The topological polar surface area (TPSA) is 67.7 Å². The molecule has 1 saturated heterocycles. The van der Waals surface area contributed by atoms with Crippen molar-refractivity contribution in [2.24, 2.45) is 0 Å². The summed E-state index contributed by atoms with van der Waals surface area (Å²) in [5.41, 5.74) is 1.86. The molecule has 1 aromatic carbocycles. The van der Waals surface area contributed by atoms with Gasteiger partial charge in [0.05, 0.1) is 18.8 Å². The van der Waals surface area contributed by atoms with Crippen LogP contribution in [0.25, 0.3) is 20.7 Å². The van der Waals surface area contributed by atoms with E-state index in [1.807, 2.05) is 52.1 Å². The minimum atomic E-state index is -0.160. The average molecular weight is 481 g/mol. The summed E-state index contributed by atoms with van der Waals surface area (Å²) >= 11 is 3.05.